The number of nitrogens with zero attached hydrogens (tertiary/aromatic N) is 2. The Morgan fingerprint density at radius 3 is 2.67 bits per heavy atom. The van der Waals surface area contributed by atoms with E-state index in [0.29, 0.717) is 6.10 Å². The number of hydrogen-bond acceptors (Lipinski definition) is 3. The van der Waals surface area contributed by atoms with Crippen molar-refractivity contribution in [3.8, 4) is 0 Å². The summed E-state index contributed by atoms with van der Waals surface area (Å²) >= 11 is 0. The van der Waals surface area contributed by atoms with Gasteiger partial charge in [0.15, 0.2) is 0 Å². The van der Waals surface area contributed by atoms with E-state index in [4.69, 9.17) is 4.74 Å². The van der Waals surface area contributed by atoms with E-state index in [1.807, 2.05) is 11.7 Å². The zero-order chi connectivity index (χ0) is 15.3. The number of aryl methyl sites for hydroxylation is 1. The van der Waals surface area contributed by atoms with Crippen molar-refractivity contribution < 1.29 is 4.74 Å². The topological polar surface area (TPSA) is 39.1 Å². The highest BCUT2D eigenvalue weighted by Gasteiger charge is 2.21. The second-order valence-corrected chi connectivity index (χ2v) is 7.23. The van der Waals surface area contributed by atoms with E-state index in [0.717, 1.165) is 19.7 Å². The summed E-state index contributed by atoms with van der Waals surface area (Å²) in [5, 5.41) is 8.09. The van der Waals surface area contributed by atoms with Gasteiger partial charge in [0.05, 0.1) is 18.4 Å². The maximum atomic E-state index is 5.94. The molecule has 0 unspecified atom stereocenters. The highest BCUT2D eigenvalue weighted by molar-refractivity contribution is 5.23. The van der Waals surface area contributed by atoms with Gasteiger partial charge in [0, 0.05) is 37.3 Å². The molecule has 0 radical (unpaired) electrons. The second-order valence-electron chi connectivity index (χ2n) is 7.23. The average molecular weight is 293 g/mol. The summed E-state index contributed by atoms with van der Waals surface area (Å²) in [4.78, 5) is 0. The van der Waals surface area contributed by atoms with Crippen LogP contribution < -0.4 is 5.32 Å². The zero-order valence-electron chi connectivity index (χ0n) is 14.1. The van der Waals surface area contributed by atoms with Gasteiger partial charge in [0.2, 0.25) is 0 Å². The molecule has 1 aromatic rings. The number of nitrogens with one attached hydrogen (secondary N) is 1. The lowest BCUT2D eigenvalue weighted by molar-refractivity contribution is 0.0302. The standard InChI is InChI=1S/C17H31N3O/c1-17(2,3)16-14(13-20(4)19-16)12-18-10-11-21-15-8-6-5-7-9-15/h13,15,18H,5-12H2,1-4H3. The van der Waals surface area contributed by atoms with Crippen LogP contribution in [-0.2, 0) is 23.7 Å². The first-order valence-electron chi connectivity index (χ1n) is 8.32. The van der Waals surface area contributed by atoms with Crippen LogP contribution in [0.5, 0.6) is 0 Å². The number of ether oxygens (including phenoxy) is 1. The number of aromatic nitrogens is 2. The molecule has 0 atom stereocenters. The minimum Gasteiger partial charge on any atom is -0.377 e. The van der Waals surface area contributed by atoms with Crippen LogP contribution in [0.3, 0.4) is 0 Å². The second kappa shape index (κ2) is 7.41. The molecule has 1 fully saturated rings. The van der Waals surface area contributed by atoms with Gasteiger partial charge in [0.25, 0.3) is 0 Å². The molecule has 1 aliphatic carbocycles. The molecule has 1 N–H and O–H groups in total. The van der Waals surface area contributed by atoms with Gasteiger partial charge < -0.3 is 10.1 Å². The molecule has 0 aliphatic heterocycles. The Bertz CT molecular complexity index is 428. The third-order valence-corrected chi connectivity index (χ3v) is 4.12. The van der Waals surface area contributed by atoms with Crippen molar-refractivity contribution in [2.24, 2.45) is 7.05 Å². The Balaban J connectivity index is 1.71. The maximum Gasteiger partial charge on any atom is 0.0722 e. The van der Waals surface area contributed by atoms with E-state index in [1.165, 1.54) is 43.4 Å². The summed E-state index contributed by atoms with van der Waals surface area (Å²) in [6, 6.07) is 0. The number of hydrogen-bond donors (Lipinski definition) is 1. The molecule has 4 heteroatoms. The van der Waals surface area contributed by atoms with E-state index in [9.17, 15) is 0 Å². The van der Waals surface area contributed by atoms with E-state index < -0.39 is 0 Å². The minimum absolute atomic E-state index is 0.0941. The lowest BCUT2D eigenvalue weighted by Crippen LogP contribution is -2.25. The summed E-state index contributed by atoms with van der Waals surface area (Å²) in [6.45, 7) is 9.24. The van der Waals surface area contributed by atoms with Crippen molar-refractivity contribution in [3.05, 3.63) is 17.5 Å². The van der Waals surface area contributed by atoms with E-state index >= 15 is 0 Å². The maximum absolute atomic E-state index is 5.94. The smallest absolute Gasteiger partial charge is 0.0722 e. The van der Waals surface area contributed by atoms with Gasteiger partial charge in [-0.3, -0.25) is 4.68 Å². The minimum atomic E-state index is 0.0941. The summed E-state index contributed by atoms with van der Waals surface area (Å²) in [5.74, 6) is 0. The van der Waals surface area contributed by atoms with Crippen LogP contribution in [-0.4, -0.2) is 29.0 Å². The van der Waals surface area contributed by atoms with Gasteiger partial charge in [-0.15, -0.1) is 0 Å². The molecule has 0 bridgehead atoms. The molecule has 120 valence electrons. The molecule has 1 aliphatic rings. The van der Waals surface area contributed by atoms with Gasteiger partial charge >= 0.3 is 0 Å². The van der Waals surface area contributed by atoms with Crippen molar-refractivity contribution in [3.63, 3.8) is 0 Å². The largest absolute Gasteiger partial charge is 0.377 e. The van der Waals surface area contributed by atoms with E-state index in [1.54, 1.807) is 0 Å². The summed E-state index contributed by atoms with van der Waals surface area (Å²) < 4.78 is 7.85. The quantitative estimate of drug-likeness (QED) is 0.819. The van der Waals surface area contributed by atoms with E-state index in [2.05, 4.69) is 37.4 Å². The Morgan fingerprint density at radius 1 is 1.29 bits per heavy atom. The fourth-order valence-electron chi connectivity index (χ4n) is 3.05. The van der Waals surface area contributed by atoms with Crippen LogP contribution in [0.15, 0.2) is 6.20 Å². The Hall–Kier alpha value is -0.870. The zero-order valence-corrected chi connectivity index (χ0v) is 14.1. The SMILES string of the molecule is Cn1cc(CNCCOC2CCCCC2)c(C(C)(C)C)n1. The predicted octanol–water partition coefficient (Wildman–Crippen LogP) is 3.16. The molecule has 0 aromatic carbocycles. The average Bonchev–Trinajstić information content (AvgIpc) is 2.81. The monoisotopic (exact) mass is 293 g/mol. The molecule has 1 heterocycles. The highest BCUT2D eigenvalue weighted by Crippen LogP contribution is 2.24. The van der Waals surface area contributed by atoms with Crippen molar-refractivity contribution in [1.29, 1.82) is 0 Å². The molecular weight excluding hydrogens is 262 g/mol. The molecule has 1 saturated carbocycles. The molecular formula is C17H31N3O. The highest BCUT2D eigenvalue weighted by atomic mass is 16.5. The molecule has 2 rings (SSSR count). The van der Waals surface area contributed by atoms with Gasteiger partial charge in [0.1, 0.15) is 0 Å². The summed E-state index contributed by atoms with van der Waals surface area (Å²) in [5.41, 5.74) is 2.57. The van der Waals surface area contributed by atoms with Crippen LogP contribution >= 0.6 is 0 Å². The van der Waals surface area contributed by atoms with Crippen molar-refractivity contribution >= 4 is 0 Å². The summed E-state index contributed by atoms with van der Waals surface area (Å²) in [7, 11) is 1.99. The van der Waals surface area contributed by atoms with Crippen molar-refractivity contribution in [2.75, 3.05) is 13.2 Å². The molecule has 4 nitrogen and oxygen atoms in total. The predicted molar refractivity (Wildman–Crippen MR) is 86.4 cm³/mol. The van der Waals surface area contributed by atoms with Gasteiger partial charge in [-0.2, -0.15) is 5.10 Å². The first kappa shape index (κ1) is 16.5. The van der Waals surface area contributed by atoms with Crippen LogP contribution in [0.25, 0.3) is 0 Å². The Morgan fingerprint density at radius 2 is 2.00 bits per heavy atom. The fraction of sp³-hybridized carbons (Fsp3) is 0.824. The van der Waals surface area contributed by atoms with Gasteiger partial charge in [-0.1, -0.05) is 40.0 Å². The van der Waals surface area contributed by atoms with Crippen LogP contribution in [0.1, 0.15) is 64.1 Å². The van der Waals surface area contributed by atoms with Crippen LogP contribution in [0.4, 0.5) is 0 Å². The lowest BCUT2D eigenvalue weighted by Gasteiger charge is -2.22. The molecule has 21 heavy (non-hydrogen) atoms. The Kier molecular flexibility index (Phi) is 5.82. The normalized spacial score (nSPS) is 17.3. The third-order valence-electron chi connectivity index (χ3n) is 4.12. The third kappa shape index (κ3) is 5.11. The van der Waals surface area contributed by atoms with Crippen molar-refractivity contribution in [2.45, 2.75) is 70.9 Å². The first-order valence-corrected chi connectivity index (χ1v) is 8.32. The van der Waals surface area contributed by atoms with Gasteiger partial charge in [-0.25, -0.2) is 0 Å². The summed E-state index contributed by atoms with van der Waals surface area (Å²) in [6.07, 6.45) is 9.17. The van der Waals surface area contributed by atoms with Crippen LogP contribution in [0, 0.1) is 0 Å². The fourth-order valence-corrected chi connectivity index (χ4v) is 3.05. The first-order chi connectivity index (χ1) is 9.97. The van der Waals surface area contributed by atoms with Crippen LogP contribution in [0.2, 0.25) is 0 Å². The Labute approximate surface area is 129 Å². The lowest BCUT2D eigenvalue weighted by atomic mass is 9.89. The van der Waals surface area contributed by atoms with Crippen molar-refractivity contribution in [1.82, 2.24) is 15.1 Å². The number of rotatable bonds is 6. The molecule has 0 saturated heterocycles. The van der Waals surface area contributed by atoms with E-state index in [-0.39, 0.29) is 5.41 Å². The molecule has 0 amide bonds. The van der Waals surface area contributed by atoms with Gasteiger partial charge in [-0.05, 0) is 12.8 Å². The molecule has 1 aromatic heterocycles. The molecule has 0 spiro atoms.